The lowest BCUT2D eigenvalue weighted by atomic mass is 10.1. The quantitative estimate of drug-likeness (QED) is 0.442. The molecule has 0 bridgehead atoms. The number of sulfonamides is 1. The fourth-order valence-corrected chi connectivity index (χ4v) is 1.61. The molecule has 0 aliphatic carbocycles. The molecule has 0 aromatic rings. The van der Waals surface area contributed by atoms with Gasteiger partial charge in [-0.05, 0) is 25.5 Å². The molecule has 0 fully saturated rings. The van der Waals surface area contributed by atoms with Gasteiger partial charge in [0.2, 0.25) is 10.0 Å². The number of methoxy groups -OCH3 is 1. The average molecular weight is 291 g/mol. The highest BCUT2D eigenvalue weighted by molar-refractivity contribution is 7.88. The lowest BCUT2D eigenvalue weighted by Gasteiger charge is -2.09. The Balaban J connectivity index is 0. The van der Waals surface area contributed by atoms with E-state index >= 15 is 0 Å². The first kappa shape index (κ1) is 19.7. The smallest absolute Gasteiger partial charge is 0.337 e. The van der Waals surface area contributed by atoms with Gasteiger partial charge < -0.3 is 9.84 Å². The van der Waals surface area contributed by atoms with Gasteiger partial charge in [-0.25, -0.2) is 13.2 Å². The fraction of sp³-hybridized carbons (Fsp3) is 0.417. The van der Waals surface area contributed by atoms with Gasteiger partial charge in [-0.15, -0.1) is 0 Å². The third-order valence-electron chi connectivity index (χ3n) is 1.79. The van der Waals surface area contributed by atoms with E-state index in [2.05, 4.69) is 16.0 Å². The zero-order chi connectivity index (χ0) is 15.6. The number of allylic oxidation sites excluding steroid dienone is 2. The Hall–Kier alpha value is -1.60. The summed E-state index contributed by atoms with van der Waals surface area (Å²) < 4.78 is 29.1. The van der Waals surface area contributed by atoms with Gasteiger partial charge in [0, 0.05) is 7.11 Å². The Morgan fingerprint density at radius 2 is 1.84 bits per heavy atom. The van der Waals surface area contributed by atoms with Crippen LogP contribution < -0.4 is 4.72 Å². The molecule has 0 saturated carbocycles. The van der Waals surface area contributed by atoms with E-state index in [1.165, 1.54) is 19.3 Å². The van der Waals surface area contributed by atoms with Crippen molar-refractivity contribution in [1.82, 2.24) is 4.72 Å². The third kappa shape index (κ3) is 9.04. The molecule has 2 N–H and O–H groups in total. The van der Waals surface area contributed by atoms with Crippen LogP contribution >= 0.6 is 0 Å². The van der Waals surface area contributed by atoms with Gasteiger partial charge in [0.25, 0.3) is 0 Å². The second-order valence-electron chi connectivity index (χ2n) is 3.45. The number of aliphatic hydroxyl groups excluding tert-OH is 1. The summed E-state index contributed by atoms with van der Waals surface area (Å²) in [7, 11) is -1.16. The average Bonchev–Trinajstić information content (AvgIpc) is 2.34. The highest BCUT2D eigenvalue weighted by atomic mass is 32.2. The van der Waals surface area contributed by atoms with Crippen LogP contribution in [0.15, 0.2) is 35.6 Å². The lowest BCUT2D eigenvalue weighted by Crippen LogP contribution is -2.22. The molecule has 0 radical (unpaired) electrons. The second-order valence-corrected chi connectivity index (χ2v) is 5.20. The van der Waals surface area contributed by atoms with Crippen LogP contribution in [0.2, 0.25) is 0 Å². The number of esters is 1. The number of nitrogens with one attached hydrogen (secondary N) is 1. The van der Waals surface area contributed by atoms with E-state index in [9.17, 15) is 13.2 Å². The number of rotatable bonds is 5. The van der Waals surface area contributed by atoms with Crippen LogP contribution in [-0.4, -0.2) is 40.0 Å². The SMILES string of the molecule is C=C(C)/C(=C\C(=C/C)C(=O)OC)NS(C)(=O)=O.CO. The summed E-state index contributed by atoms with van der Waals surface area (Å²) in [6.45, 7) is 6.92. The molecule has 0 atom stereocenters. The van der Waals surface area contributed by atoms with Crippen molar-refractivity contribution in [3.8, 4) is 0 Å². The van der Waals surface area contributed by atoms with Crippen LogP contribution in [0, 0.1) is 0 Å². The maximum absolute atomic E-state index is 11.3. The van der Waals surface area contributed by atoms with Crippen molar-refractivity contribution >= 4 is 16.0 Å². The topological polar surface area (TPSA) is 92.7 Å². The van der Waals surface area contributed by atoms with Gasteiger partial charge in [-0.1, -0.05) is 12.7 Å². The first-order chi connectivity index (χ1) is 8.71. The Morgan fingerprint density at radius 3 is 2.11 bits per heavy atom. The molecule has 0 unspecified atom stereocenters. The van der Waals surface area contributed by atoms with Crippen molar-refractivity contribution < 1.29 is 23.1 Å². The Morgan fingerprint density at radius 1 is 1.37 bits per heavy atom. The molecule has 6 nitrogen and oxygen atoms in total. The molecule has 0 aliphatic rings. The third-order valence-corrected chi connectivity index (χ3v) is 2.38. The van der Waals surface area contributed by atoms with E-state index in [1.807, 2.05) is 0 Å². The number of carbonyl (C=O) groups excluding carboxylic acids is 1. The van der Waals surface area contributed by atoms with Crippen LogP contribution in [0.1, 0.15) is 13.8 Å². The Labute approximate surface area is 114 Å². The van der Waals surface area contributed by atoms with Crippen LogP contribution in [0.3, 0.4) is 0 Å². The number of aliphatic hydroxyl groups is 1. The molecule has 0 rings (SSSR count). The number of ether oxygens (including phenoxy) is 1. The number of carbonyl (C=O) groups is 1. The predicted octanol–water partition coefficient (Wildman–Crippen LogP) is 0.723. The number of hydrogen-bond donors (Lipinski definition) is 2. The molecular formula is C12H21NO5S. The zero-order valence-electron chi connectivity index (χ0n) is 11.9. The van der Waals surface area contributed by atoms with Crippen molar-refractivity contribution in [2.24, 2.45) is 0 Å². The highest BCUT2D eigenvalue weighted by Gasteiger charge is 2.10. The van der Waals surface area contributed by atoms with Gasteiger partial charge >= 0.3 is 5.97 Å². The van der Waals surface area contributed by atoms with Crippen LogP contribution in [0.4, 0.5) is 0 Å². The second kappa shape index (κ2) is 9.35. The monoisotopic (exact) mass is 291 g/mol. The van der Waals surface area contributed by atoms with Crippen molar-refractivity contribution in [3.63, 3.8) is 0 Å². The van der Waals surface area contributed by atoms with Crippen molar-refractivity contribution in [2.45, 2.75) is 13.8 Å². The first-order valence-corrected chi connectivity index (χ1v) is 7.15. The summed E-state index contributed by atoms with van der Waals surface area (Å²) in [6, 6.07) is 0. The molecule has 0 heterocycles. The standard InChI is InChI=1S/C11H17NO4S.CH4O/c1-6-9(11(13)16-4)7-10(8(2)3)12-17(5,14)15;1-2/h6-7,12H,2H2,1,3-5H3;2H,1H3/b9-6+,10-7+;. The minimum absolute atomic E-state index is 0.252. The van der Waals surface area contributed by atoms with Crippen LogP contribution in [0.25, 0.3) is 0 Å². The summed E-state index contributed by atoms with van der Waals surface area (Å²) in [5.74, 6) is -0.540. The zero-order valence-corrected chi connectivity index (χ0v) is 12.7. The van der Waals surface area contributed by atoms with E-state index < -0.39 is 16.0 Å². The first-order valence-electron chi connectivity index (χ1n) is 5.26. The molecular weight excluding hydrogens is 270 g/mol. The largest absolute Gasteiger partial charge is 0.465 e. The van der Waals surface area contributed by atoms with Gasteiger partial charge in [0.15, 0.2) is 0 Å². The fourth-order valence-electron chi connectivity index (χ4n) is 0.973. The molecule has 0 aromatic heterocycles. The maximum Gasteiger partial charge on any atom is 0.337 e. The van der Waals surface area contributed by atoms with E-state index in [0.29, 0.717) is 5.57 Å². The van der Waals surface area contributed by atoms with Crippen molar-refractivity contribution in [2.75, 3.05) is 20.5 Å². The van der Waals surface area contributed by atoms with Gasteiger partial charge in [0.1, 0.15) is 0 Å². The summed E-state index contributed by atoms with van der Waals surface area (Å²) in [4.78, 5) is 11.3. The molecule has 19 heavy (non-hydrogen) atoms. The maximum atomic E-state index is 11.3. The van der Waals surface area contributed by atoms with E-state index in [0.717, 1.165) is 13.4 Å². The molecule has 7 heteroatoms. The Kier molecular flexibility index (Phi) is 9.71. The molecule has 0 aromatic carbocycles. The highest BCUT2D eigenvalue weighted by Crippen LogP contribution is 2.10. The van der Waals surface area contributed by atoms with E-state index in [1.54, 1.807) is 13.8 Å². The summed E-state index contributed by atoms with van der Waals surface area (Å²) in [5, 5.41) is 7.00. The molecule has 0 aliphatic heterocycles. The normalized spacial score (nSPS) is 12.1. The van der Waals surface area contributed by atoms with Crippen LogP contribution in [-0.2, 0) is 19.6 Å². The van der Waals surface area contributed by atoms with Crippen molar-refractivity contribution in [1.29, 1.82) is 0 Å². The minimum atomic E-state index is -3.41. The molecule has 0 spiro atoms. The number of hydrogen-bond acceptors (Lipinski definition) is 5. The van der Waals surface area contributed by atoms with Crippen molar-refractivity contribution in [3.05, 3.63) is 35.6 Å². The predicted molar refractivity (Wildman–Crippen MR) is 74.8 cm³/mol. The summed E-state index contributed by atoms with van der Waals surface area (Å²) in [5.41, 5.74) is 1.01. The van der Waals surface area contributed by atoms with E-state index in [-0.39, 0.29) is 11.3 Å². The molecule has 0 saturated heterocycles. The van der Waals surface area contributed by atoms with Gasteiger partial charge in [0.05, 0.1) is 24.6 Å². The van der Waals surface area contributed by atoms with Gasteiger partial charge in [-0.3, -0.25) is 4.72 Å². The lowest BCUT2D eigenvalue weighted by molar-refractivity contribution is -0.135. The summed E-state index contributed by atoms with van der Waals surface area (Å²) >= 11 is 0. The summed E-state index contributed by atoms with van der Waals surface area (Å²) in [6.07, 6.45) is 3.94. The molecule has 0 amide bonds. The Bertz CT molecular complexity index is 474. The minimum Gasteiger partial charge on any atom is -0.465 e. The van der Waals surface area contributed by atoms with Crippen LogP contribution in [0.5, 0.6) is 0 Å². The van der Waals surface area contributed by atoms with E-state index in [4.69, 9.17) is 5.11 Å². The molecule has 110 valence electrons. The van der Waals surface area contributed by atoms with Gasteiger partial charge in [-0.2, -0.15) is 0 Å².